The van der Waals surface area contributed by atoms with E-state index in [-0.39, 0.29) is 11.8 Å². The van der Waals surface area contributed by atoms with E-state index in [1.54, 1.807) is 24.3 Å². The van der Waals surface area contributed by atoms with Crippen molar-refractivity contribution < 1.29 is 14.1 Å². The lowest BCUT2D eigenvalue weighted by molar-refractivity contribution is 0.0639. The van der Waals surface area contributed by atoms with E-state index in [1.165, 1.54) is 4.90 Å². The van der Waals surface area contributed by atoms with Gasteiger partial charge in [0.1, 0.15) is 0 Å². The number of benzene rings is 2. The highest BCUT2D eigenvalue weighted by Crippen LogP contribution is 2.23. The van der Waals surface area contributed by atoms with Gasteiger partial charge in [-0.3, -0.25) is 19.4 Å². The quantitative estimate of drug-likeness (QED) is 0.517. The van der Waals surface area contributed by atoms with E-state index >= 15 is 0 Å². The van der Waals surface area contributed by atoms with Crippen LogP contribution < -0.4 is 0 Å². The Hall–Kier alpha value is -3.36. The van der Waals surface area contributed by atoms with Gasteiger partial charge in [-0.25, -0.2) is 0 Å². The highest BCUT2D eigenvalue weighted by molar-refractivity contribution is 6.21. The van der Waals surface area contributed by atoms with Crippen molar-refractivity contribution in [3.63, 3.8) is 0 Å². The van der Waals surface area contributed by atoms with Crippen molar-refractivity contribution in [3.05, 3.63) is 71.1 Å². The fourth-order valence-electron chi connectivity index (χ4n) is 4.51. The molecule has 0 N–H and O–H groups in total. The minimum atomic E-state index is -0.176. The second kappa shape index (κ2) is 9.25. The van der Waals surface area contributed by atoms with Gasteiger partial charge in [0.15, 0.2) is 0 Å². The lowest BCUT2D eigenvalue weighted by Crippen LogP contribution is -2.46. The molecule has 3 aromatic rings. The smallest absolute Gasteiger partial charge is 0.261 e. The van der Waals surface area contributed by atoms with Crippen LogP contribution in [0.5, 0.6) is 0 Å². The Morgan fingerprint density at radius 3 is 2.09 bits per heavy atom. The highest BCUT2D eigenvalue weighted by Gasteiger charge is 2.34. The molecule has 2 aliphatic heterocycles. The zero-order chi connectivity index (χ0) is 22.8. The molecule has 2 aliphatic rings. The Balaban J connectivity index is 1.07. The van der Waals surface area contributed by atoms with E-state index in [0.717, 1.165) is 50.3 Å². The van der Waals surface area contributed by atoms with Gasteiger partial charge in [-0.2, -0.15) is 4.98 Å². The summed E-state index contributed by atoms with van der Waals surface area (Å²) in [4.78, 5) is 35.6. The number of amides is 2. The Kier molecular flexibility index (Phi) is 6.02. The van der Waals surface area contributed by atoms with Crippen LogP contribution in [0.4, 0.5) is 0 Å². The van der Waals surface area contributed by atoms with Gasteiger partial charge >= 0.3 is 0 Å². The number of hydrogen-bond donors (Lipinski definition) is 0. The fourth-order valence-corrected chi connectivity index (χ4v) is 4.51. The van der Waals surface area contributed by atoms with E-state index < -0.39 is 0 Å². The molecular weight excluding hydrogens is 418 g/mol. The molecule has 33 heavy (non-hydrogen) atoms. The number of fused-ring (bicyclic) bond motifs is 1. The van der Waals surface area contributed by atoms with Gasteiger partial charge in [0.2, 0.25) is 11.7 Å². The molecule has 170 valence electrons. The lowest BCUT2D eigenvalue weighted by atomic mass is 10.1. The first-order chi connectivity index (χ1) is 16.1. The Morgan fingerprint density at radius 2 is 1.42 bits per heavy atom. The Labute approximate surface area is 192 Å². The second-order valence-corrected chi connectivity index (χ2v) is 8.61. The molecule has 1 saturated heterocycles. The van der Waals surface area contributed by atoms with Crippen molar-refractivity contribution in [1.82, 2.24) is 24.8 Å². The predicted octanol–water partition coefficient (Wildman–Crippen LogP) is 2.85. The number of rotatable bonds is 7. The van der Waals surface area contributed by atoms with Crippen LogP contribution in [0.1, 0.15) is 38.6 Å². The normalized spacial score (nSPS) is 17.1. The van der Waals surface area contributed by atoms with E-state index in [9.17, 15) is 9.59 Å². The van der Waals surface area contributed by atoms with Crippen LogP contribution in [-0.2, 0) is 6.54 Å². The van der Waals surface area contributed by atoms with Crippen molar-refractivity contribution in [2.75, 3.05) is 39.3 Å². The molecular formula is C25H27N5O3. The molecule has 0 radical (unpaired) electrons. The lowest BCUT2D eigenvalue weighted by Gasteiger charge is -2.34. The van der Waals surface area contributed by atoms with E-state index in [4.69, 9.17) is 4.52 Å². The van der Waals surface area contributed by atoms with Gasteiger partial charge in [0.25, 0.3) is 11.8 Å². The summed E-state index contributed by atoms with van der Waals surface area (Å²) in [6.07, 6.45) is 0.773. The van der Waals surface area contributed by atoms with Gasteiger partial charge < -0.3 is 9.42 Å². The number of carbonyl (C=O) groups is 2. The maximum Gasteiger partial charge on any atom is 0.261 e. The molecule has 1 aromatic heterocycles. The number of nitrogens with zero attached hydrogens (tertiary/aromatic N) is 5. The van der Waals surface area contributed by atoms with Gasteiger partial charge in [-0.1, -0.05) is 41.6 Å². The molecule has 8 nitrogen and oxygen atoms in total. The van der Waals surface area contributed by atoms with Gasteiger partial charge in [0, 0.05) is 38.3 Å². The molecule has 5 rings (SSSR count). The number of carbonyl (C=O) groups excluding carboxylic acids is 2. The zero-order valence-electron chi connectivity index (χ0n) is 18.7. The SMILES string of the molecule is Cc1ccccc1-c1noc(CN2CCN(CCCN3C(=O)c4ccccc4C3=O)CC2)n1. The molecule has 0 spiro atoms. The van der Waals surface area contributed by atoms with Crippen LogP contribution in [0.3, 0.4) is 0 Å². The molecule has 0 aliphatic carbocycles. The number of imide groups is 1. The topological polar surface area (TPSA) is 82.8 Å². The monoisotopic (exact) mass is 445 g/mol. The maximum absolute atomic E-state index is 12.5. The molecule has 8 heteroatoms. The van der Waals surface area contributed by atoms with E-state index in [2.05, 4.69) is 19.9 Å². The summed E-state index contributed by atoms with van der Waals surface area (Å²) in [5.74, 6) is 0.914. The molecule has 0 unspecified atom stereocenters. The first-order valence-corrected chi connectivity index (χ1v) is 11.4. The van der Waals surface area contributed by atoms with Gasteiger partial charge in [-0.05, 0) is 37.6 Å². The first kappa shape index (κ1) is 21.5. The Bertz CT molecular complexity index is 1130. The molecule has 3 heterocycles. The predicted molar refractivity (Wildman–Crippen MR) is 123 cm³/mol. The van der Waals surface area contributed by atoms with Crippen molar-refractivity contribution in [2.24, 2.45) is 0 Å². The standard InChI is InChI=1S/C25H27N5O3/c1-18-7-2-3-8-19(18)23-26-22(33-27-23)17-29-15-13-28(14-16-29)11-6-12-30-24(31)20-9-4-5-10-21(20)25(30)32/h2-5,7-10H,6,11-17H2,1H3. The summed E-state index contributed by atoms with van der Waals surface area (Å²) in [5.41, 5.74) is 3.15. The van der Waals surface area contributed by atoms with Crippen LogP contribution in [0.15, 0.2) is 53.1 Å². The number of aryl methyl sites for hydroxylation is 1. The molecule has 1 fully saturated rings. The molecule has 2 amide bonds. The molecule has 2 aromatic carbocycles. The molecule has 0 bridgehead atoms. The second-order valence-electron chi connectivity index (χ2n) is 8.61. The third kappa shape index (κ3) is 4.44. The van der Waals surface area contributed by atoms with Crippen molar-refractivity contribution in [3.8, 4) is 11.4 Å². The summed E-state index contributed by atoms with van der Waals surface area (Å²) in [5, 5.41) is 4.15. The van der Waals surface area contributed by atoms with E-state index in [0.29, 0.717) is 35.9 Å². The number of piperazine rings is 1. The molecule has 0 atom stereocenters. The van der Waals surface area contributed by atoms with Crippen LogP contribution >= 0.6 is 0 Å². The molecule has 0 saturated carbocycles. The summed E-state index contributed by atoms with van der Waals surface area (Å²) in [6, 6.07) is 15.1. The van der Waals surface area contributed by atoms with Crippen molar-refractivity contribution in [1.29, 1.82) is 0 Å². The van der Waals surface area contributed by atoms with Gasteiger partial charge in [-0.15, -0.1) is 0 Å². The minimum Gasteiger partial charge on any atom is -0.338 e. The number of hydrogen-bond acceptors (Lipinski definition) is 7. The van der Waals surface area contributed by atoms with Crippen LogP contribution in [0.2, 0.25) is 0 Å². The zero-order valence-corrected chi connectivity index (χ0v) is 18.7. The first-order valence-electron chi connectivity index (χ1n) is 11.4. The van der Waals surface area contributed by atoms with E-state index in [1.807, 2.05) is 31.2 Å². The van der Waals surface area contributed by atoms with Crippen LogP contribution in [0, 0.1) is 6.92 Å². The average Bonchev–Trinajstić information content (AvgIpc) is 3.39. The average molecular weight is 446 g/mol. The van der Waals surface area contributed by atoms with Crippen LogP contribution in [-0.4, -0.2) is 75.9 Å². The van der Waals surface area contributed by atoms with Crippen molar-refractivity contribution in [2.45, 2.75) is 19.9 Å². The Morgan fingerprint density at radius 1 is 0.818 bits per heavy atom. The summed E-state index contributed by atoms with van der Waals surface area (Å²) in [6.45, 7) is 7.68. The third-order valence-electron chi connectivity index (χ3n) is 6.41. The summed E-state index contributed by atoms with van der Waals surface area (Å²) >= 11 is 0. The maximum atomic E-state index is 12.5. The summed E-state index contributed by atoms with van der Waals surface area (Å²) < 4.78 is 5.49. The largest absolute Gasteiger partial charge is 0.338 e. The van der Waals surface area contributed by atoms with Gasteiger partial charge in [0.05, 0.1) is 17.7 Å². The third-order valence-corrected chi connectivity index (χ3v) is 6.41. The van der Waals surface area contributed by atoms with Crippen molar-refractivity contribution >= 4 is 11.8 Å². The highest BCUT2D eigenvalue weighted by atomic mass is 16.5. The fraction of sp³-hybridized carbons (Fsp3) is 0.360. The summed E-state index contributed by atoms with van der Waals surface area (Å²) in [7, 11) is 0. The number of aromatic nitrogens is 2. The van der Waals surface area contributed by atoms with Crippen LogP contribution in [0.25, 0.3) is 11.4 Å². The minimum absolute atomic E-state index is 0.176.